The number of carbonyl (C=O) groups is 2. The normalized spacial score (nSPS) is 17.6. The van der Waals surface area contributed by atoms with Crippen LogP contribution >= 0.6 is 11.6 Å². The van der Waals surface area contributed by atoms with E-state index in [9.17, 15) is 13.8 Å². The second kappa shape index (κ2) is 11.6. The second-order valence-corrected chi connectivity index (χ2v) is 10.4. The number of unbranched alkanes of at least 4 members (excludes halogenated alkanes) is 3. The van der Waals surface area contributed by atoms with E-state index < -0.39 is 28.1 Å². The Morgan fingerprint density at radius 1 is 1.06 bits per heavy atom. The van der Waals surface area contributed by atoms with E-state index in [1.54, 1.807) is 6.92 Å². The highest BCUT2D eigenvalue weighted by atomic mass is 35.5. The van der Waals surface area contributed by atoms with Crippen molar-refractivity contribution in [1.29, 1.82) is 0 Å². The molecule has 0 aromatic heterocycles. The van der Waals surface area contributed by atoms with Crippen LogP contribution in [0.15, 0.2) is 48.5 Å². The van der Waals surface area contributed by atoms with Crippen molar-refractivity contribution in [3.63, 3.8) is 0 Å². The third kappa shape index (κ3) is 6.42. The number of likely N-dealkylation sites (tertiary alicyclic amines) is 1. The summed E-state index contributed by atoms with van der Waals surface area (Å²) in [6.45, 7) is 1.59. The Bertz CT molecular complexity index is 964. The number of amides is 2. The Morgan fingerprint density at radius 2 is 1.69 bits per heavy atom. The van der Waals surface area contributed by atoms with Crippen LogP contribution < -0.4 is 5.73 Å². The molecule has 2 aromatic rings. The van der Waals surface area contributed by atoms with Crippen LogP contribution in [0.2, 0.25) is 5.02 Å². The van der Waals surface area contributed by atoms with Crippen LogP contribution in [-0.2, 0) is 39.0 Å². The molecule has 5 nitrogen and oxygen atoms in total. The van der Waals surface area contributed by atoms with Crippen LogP contribution in [0.4, 0.5) is 0 Å². The third-order valence-corrected chi connectivity index (χ3v) is 7.92. The fourth-order valence-electron chi connectivity index (χ4n) is 4.06. The summed E-state index contributed by atoms with van der Waals surface area (Å²) in [5.41, 5.74) is 8.92. The lowest BCUT2D eigenvalue weighted by Crippen LogP contribution is -2.61. The van der Waals surface area contributed by atoms with Crippen LogP contribution in [-0.4, -0.2) is 32.3 Å². The van der Waals surface area contributed by atoms with Crippen LogP contribution in [0.3, 0.4) is 0 Å². The Labute approximate surface area is 197 Å². The number of nitrogens with two attached hydrogens (primary N) is 1. The van der Waals surface area contributed by atoms with E-state index in [1.165, 1.54) is 22.4 Å². The Morgan fingerprint density at radius 3 is 2.31 bits per heavy atom. The number of benzene rings is 2. The van der Waals surface area contributed by atoms with Gasteiger partial charge in [-0.1, -0.05) is 60.8 Å². The van der Waals surface area contributed by atoms with Gasteiger partial charge in [0, 0.05) is 15.8 Å². The zero-order valence-corrected chi connectivity index (χ0v) is 20.0. The quantitative estimate of drug-likeness (QED) is 0.366. The molecule has 7 heteroatoms. The van der Waals surface area contributed by atoms with Gasteiger partial charge >= 0.3 is 0 Å². The van der Waals surface area contributed by atoms with Crippen molar-refractivity contribution in [2.75, 3.05) is 0 Å². The number of nitrogens with zero attached hydrogens (tertiary/aromatic N) is 1. The summed E-state index contributed by atoms with van der Waals surface area (Å²) >= 11 is 5.93. The van der Waals surface area contributed by atoms with E-state index in [1.807, 2.05) is 30.3 Å². The van der Waals surface area contributed by atoms with Crippen molar-refractivity contribution in [3.05, 3.63) is 70.2 Å². The maximum atomic E-state index is 13.0. The molecule has 1 saturated heterocycles. The van der Waals surface area contributed by atoms with E-state index >= 15 is 0 Å². The maximum absolute atomic E-state index is 13.0. The molecule has 2 aromatic carbocycles. The number of carbonyl (C=O) groups excluding carboxylic acids is 2. The lowest BCUT2D eigenvalue weighted by molar-refractivity contribution is -0.149. The smallest absolute Gasteiger partial charge is 0.239 e. The first kappa shape index (κ1) is 24.5. The molecule has 1 heterocycles. The summed E-state index contributed by atoms with van der Waals surface area (Å²) in [5.74, 6) is -0.356. The van der Waals surface area contributed by atoms with Gasteiger partial charge in [-0.3, -0.25) is 13.8 Å². The number of aryl methyl sites for hydroxylation is 2. The van der Waals surface area contributed by atoms with E-state index in [0.29, 0.717) is 5.75 Å². The van der Waals surface area contributed by atoms with Crippen molar-refractivity contribution >= 4 is 34.2 Å². The molecule has 0 bridgehead atoms. The summed E-state index contributed by atoms with van der Waals surface area (Å²) in [4.78, 5) is 24.8. The number of β-lactam (4-membered cyclic amide) rings is 1. The minimum absolute atomic E-state index is 0.165. The van der Waals surface area contributed by atoms with E-state index in [0.717, 1.165) is 42.7 Å². The molecule has 0 spiro atoms. The molecule has 0 saturated carbocycles. The van der Waals surface area contributed by atoms with Gasteiger partial charge < -0.3 is 10.6 Å². The average Bonchev–Trinajstić information content (AvgIpc) is 2.76. The largest absolute Gasteiger partial charge is 0.368 e. The molecule has 32 heavy (non-hydrogen) atoms. The fraction of sp³-hybridized carbons (Fsp3) is 0.440. The Balaban J connectivity index is 1.46. The van der Waals surface area contributed by atoms with Gasteiger partial charge in [-0.2, -0.15) is 0 Å². The average molecular weight is 475 g/mol. The number of primary amides is 1. The SMILES string of the molecule is CC(C(N)=O)N1C(=O)CC1S(=O)Cc1ccccc1CCCCCCc1ccc(Cl)cc1. The van der Waals surface area contributed by atoms with Gasteiger partial charge in [0.25, 0.3) is 0 Å². The van der Waals surface area contributed by atoms with Crippen molar-refractivity contribution in [3.8, 4) is 0 Å². The highest BCUT2D eigenvalue weighted by molar-refractivity contribution is 7.85. The lowest BCUT2D eigenvalue weighted by atomic mass is 10.0. The Kier molecular flexibility index (Phi) is 8.88. The second-order valence-electron chi connectivity index (χ2n) is 8.37. The lowest BCUT2D eigenvalue weighted by Gasteiger charge is -2.42. The molecule has 3 rings (SSSR count). The maximum Gasteiger partial charge on any atom is 0.239 e. The number of hydrogen-bond acceptors (Lipinski definition) is 3. The predicted octanol–water partition coefficient (Wildman–Crippen LogP) is 4.37. The van der Waals surface area contributed by atoms with Crippen molar-refractivity contribution < 1.29 is 13.8 Å². The summed E-state index contributed by atoms with van der Waals surface area (Å²) in [7, 11) is -1.27. The molecule has 1 aliphatic rings. The summed E-state index contributed by atoms with van der Waals surface area (Å²) in [5, 5.41) is 0.332. The van der Waals surface area contributed by atoms with Crippen LogP contribution in [0.25, 0.3) is 0 Å². The fourth-order valence-corrected chi connectivity index (χ4v) is 5.85. The molecular weight excluding hydrogens is 444 g/mol. The van der Waals surface area contributed by atoms with Gasteiger partial charge in [0.1, 0.15) is 11.4 Å². The monoisotopic (exact) mass is 474 g/mol. The first-order valence-corrected chi connectivity index (χ1v) is 12.9. The molecule has 172 valence electrons. The first-order chi connectivity index (χ1) is 15.4. The number of hydrogen-bond donors (Lipinski definition) is 1. The molecule has 0 radical (unpaired) electrons. The van der Waals surface area contributed by atoms with E-state index in [-0.39, 0.29) is 12.3 Å². The molecular formula is C25H31ClN2O3S. The third-order valence-electron chi connectivity index (χ3n) is 6.07. The molecule has 1 fully saturated rings. The zero-order chi connectivity index (χ0) is 23.1. The zero-order valence-electron chi connectivity index (χ0n) is 18.5. The van der Waals surface area contributed by atoms with Gasteiger partial charge in [-0.25, -0.2) is 0 Å². The highest BCUT2D eigenvalue weighted by Crippen LogP contribution is 2.28. The molecule has 1 aliphatic heterocycles. The molecule has 3 unspecified atom stereocenters. The molecule has 3 atom stereocenters. The van der Waals surface area contributed by atoms with Crippen molar-refractivity contribution in [2.24, 2.45) is 5.73 Å². The summed E-state index contributed by atoms with van der Waals surface area (Å²) in [6, 6.07) is 15.4. The van der Waals surface area contributed by atoms with Crippen molar-refractivity contribution in [1.82, 2.24) is 4.90 Å². The van der Waals surface area contributed by atoms with Gasteiger partial charge in [0.15, 0.2) is 0 Å². The predicted molar refractivity (Wildman–Crippen MR) is 130 cm³/mol. The number of rotatable bonds is 12. The van der Waals surface area contributed by atoms with Gasteiger partial charge in [-0.15, -0.1) is 0 Å². The Hall–Kier alpha value is -2.18. The van der Waals surface area contributed by atoms with Gasteiger partial charge in [0.05, 0.1) is 12.2 Å². The molecule has 2 amide bonds. The van der Waals surface area contributed by atoms with Crippen molar-refractivity contribution in [2.45, 2.75) is 69.0 Å². The standard InChI is InChI=1S/C25H31ClN2O3S/c1-18(25(27)30)28-23(29)16-24(28)32(31)17-21-11-7-6-10-20(21)9-5-3-2-4-8-19-12-14-22(26)15-13-19/h6-7,10-15,18,24H,2-5,8-9,16-17H2,1H3,(H2,27,30). The minimum Gasteiger partial charge on any atom is -0.368 e. The molecule has 2 N–H and O–H groups in total. The van der Waals surface area contributed by atoms with E-state index in [4.69, 9.17) is 17.3 Å². The van der Waals surface area contributed by atoms with E-state index in [2.05, 4.69) is 18.2 Å². The highest BCUT2D eigenvalue weighted by Gasteiger charge is 2.44. The summed E-state index contributed by atoms with van der Waals surface area (Å²) < 4.78 is 13.0. The number of halogens is 1. The van der Waals surface area contributed by atoms with Crippen LogP contribution in [0, 0.1) is 0 Å². The van der Waals surface area contributed by atoms with Gasteiger partial charge in [0.2, 0.25) is 11.8 Å². The molecule has 0 aliphatic carbocycles. The van der Waals surface area contributed by atoms with Crippen LogP contribution in [0.1, 0.15) is 55.7 Å². The summed E-state index contributed by atoms with van der Waals surface area (Å²) in [6.07, 6.45) is 6.76. The van der Waals surface area contributed by atoms with Gasteiger partial charge in [-0.05, 0) is 61.4 Å². The first-order valence-electron chi connectivity index (χ1n) is 11.2. The minimum atomic E-state index is -1.27. The van der Waals surface area contributed by atoms with Crippen LogP contribution in [0.5, 0.6) is 0 Å². The topological polar surface area (TPSA) is 80.5 Å².